The number of hydrazone groups is 1. The summed E-state index contributed by atoms with van der Waals surface area (Å²) in [5.74, 6) is -0.227. The first kappa shape index (κ1) is 14.3. The third kappa shape index (κ3) is 2.99. The predicted octanol–water partition coefficient (Wildman–Crippen LogP) is 3.61. The van der Waals surface area contributed by atoms with E-state index in [1.807, 2.05) is 65.7 Å². The second-order valence-corrected chi connectivity index (χ2v) is 5.72. The Bertz CT molecular complexity index is 803. The fraction of sp³-hybridized carbons (Fsp3) is 0.0588. The van der Waals surface area contributed by atoms with Crippen LogP contribution in [-0.4, -0.2) is 16.7 Å². The molecule has 0 saturated carbocycles. The van der Waals surface area contributed by atoms with Crippen molar-refractivity contribution in [3.63, 3.8) is 0 Å². The zero-order valence-corrected chi connectivity index (χ0v) is 12.9. The monoisotopic (exact) mass is 309 g/mol. The summed E-state index contributed by atoms with van der Waals surface area (Å²) < 4.78 is 1.90. The van der Waals surface area contributed by atoms with Crippen molar-refractivity contribution in [2.75, 3.05) is 0 Å². The van der Waals surface area contributed by atoms with Crippen molar-refractivity contribution in [1.29, 1.82) is 0 Å². The van der Waals surface area contributed by atoms with Crippen molar-refractivity contribution in [1.82, 2.24) is 9.99 Å². The van der Waals surface area contributed by atoms with Gasteiger partial charge in [-0.25, -0.2) is 5.43 Å². The normalized spacial score (nSPS) is 11.0. The highest BCUT2D eigenvalue weighted by Crippen LogP contribution is 2.15. The molecule has 22 heavy (non-hydrogen) atoms. The smallest absolute Gasteiger partial charge is 0.273 e. The molecule has 5 heteroatoms. The van der Waals surface area contributed by atoms with Gasteiger partial charge in [-0.1, -0.05) is 12.1 Å². The van der Waals surface area contributed by atoms with Gasteiger partial charge in [0.05, 0.1) is 17.5 Å². The third-order valence-corrected chi connectivity index (χ3v) is 4.23. The summed E-state index contributed by atoms with van der Waals surface area (Å²) in [7, 11) is 0. The second kappa shape index (κ2) is 6.41. The fourth-order valence-corrected chi connectivity index (χ4v) is 2.90. The molecule has 1 N–H and O–H groups in total. The van der Waals surface area contributed by atoms with Crippen molar-refractivity contribution in [2.24, 2.45) is 5.10 Å². The van der Waals surface area contributed by atoms with E-state index in [-0.39, 0.29) is 5.91 Å². The van der Waals surface area contributed by atoms with Crippen LogP contribution < -0.4 is 5.43 Å². The van der Waals surface area contributed by atoms with Crippen LogP contribution in [0.4, 0.5) is 0 Å². The number of para-hydroxylation sites is 1. The lowest BCUT2D eigenvalue weighted by molar-refractivity contribution is 0.0955. The van der Waals surface area contributed by atoms with Gasteiger partial charge in [-0.2, -0.15) is 5.10 Å². The molecule has 110 valence electrons. The molecule has 0 fully saturated rings. The molecule has 0 aliphatic carbocycles. The largest absolute Gasteiger partial charge is 0.323 e. The van der Waals surface area contributed by atoms with Crippen LogP contribution in [-0.2, 0) is 0 Å². The topological polar surface area (TPSA) is 46.4 Å². The van der Waals surface area contributed by atoms with E-state index in [1.54, 1.807) is 23.6 Å². The molecule has 3 rings (SSSR count). The lowest BCUT2D eigenvalue weighted by Gasteiger charge is -2.08. The number of hydrogen-bond donors (Lipinski definition) is 1. The van der Waals surface area contributed by atoms with Crippen LogP contribution in [0.2, 0.25) is 0 Å². The summed E-state index contributed by atoms with van der Waals surface area (Å²) in [5.41, 5.74) is 5.15. The van der Waals surface area contributed by atoms with Crippen LogP contribution in [0.5, 0.6) is 0 Å². The molecule has 0 saturated heterocycles. The lowest BCUT2D eigenvalue weighted by atomic mass is 10.1. The van der Waals surface area contributed by atoms with E-state index in [1.165, 1.54) is 0 Å². The first-order valence-electron chi connectivity index (χ1n) is 6.85. The molecule has 0 aliphatic heterocycles. The number of nitrogens with zero attached hydrogens (tertiary/aromatic N) is 2. The minimum atomic E-state index is -0.227. The van der Waals surface area contributed by atoms with Gasteiger partial charge in [0.1, 0.15) is 0 Å². The molecule has 0 spiro atoms. The van der Waals surface area contributed by atoms with Crippen molar-refractivity contribution in [3.05, 3.63) is 76.2 Å². The summed E-state index contributed by atoms with van der Waals surface area (Å²) in [4.78, 5) is 13.4. The number of benzene rings is 1. The average molecular weight is 309 g/mol. The van der Waals surface area contributed by atoms with Gasteiger partial charge in [-0.3, -0.25) is 4.79 Å². The highest BCUT2D eigenvalue weighted by atomic mass is 32.1. The molecule has 0 atom stereocenters. The minimum Gasteiger partial charge on any atom is -0.323 e. The van der Waals surface area contributed by atoms with Crippen molar-refractivity contribution >= 4 is 23.5 Å². The van der Waals surface area contributed by atoms with Gasteiger partial charge in [0.15, 0.2) is 0 Å². The summed E-state index contributed by atoms with van der Waals surface area (Å²) in [5, 5.41) is 6.05. The zero-order valence-electron chi connectivity index (χ0n) is 12.1. The first-order valence-corrected chi connectivity index (χ1v) is 7.73. The van der Waals surface area contributed by atoms with Crippen molar-refractivity contribution < 1.29 is 4.79 Å². The highest BCUT2D eigenvalue weighted by molar-refractivity contribution is 7.11. The molecule has 0 aliphatic rings. The molecule has 2 aromatic heterocycles. The minimum absolute atomic E-state index is 0.227. The first-order chi connectivity index (χ1) is 10.8. The maximum Gasteiger partial charge on any atom is 0.273 e. The van der Waals surface area contributed by atoms with E-state index in [2.05, 4.69) is 10.5 Å². The van der Waals surface area contributed by atoms with Gasteiger partial charge >= 0.3 is 0 Å². The summed E-state index contributed by atoms with van der Waals surface area (Å²) in [6.45, 7) is 2.01. The van der Waals surface area contributed by atoms with Gasteiger partial charge in [-0.15, -0.1) is 11.3 Å². The van der Waals surface area contributed by atoms with Crippen LogP contribution in [0.1, 0.15) is 20.8 Å². The Morgan fingerprint density at radius 3 is 2.68 bits per heavy atom. The molecular formula is C17H15N3OS. The van der Waals surface area contributed by atoms with E-state index in [0.717, 1.165) is 16.1 Å². The molecule has 1 amide bonds. The predicted molar refractivity (Wildman–Crippen MR) is 89.9 cm³/mol. The molecule has 0 radical (unpaired) electrons. The quantitative estimate of drug-likeness (QED) is 0.581. The SMILES string of the molecule is Cc1ccsc1/C=N\NC(=O)c1ccccc1-n1cccc1. The summed E-state index contributed by atoms with van der Waals surface area (Å²) in [6, 6.07) is 13.3. The van der Waals surface area contributed by atoms with E-state index >= 15 is 0 Å². The van der Waals surface area contributed by atoms with Crippen LogP contribution in [0, 0.1) is 6.92 Å². The van der Waals surface area contributed by atoms with Gasteiger partial charge in [0, 0.05) is 17.3 Å². The molecule has 3 aromatic rings. The standard InChI is InChI=1S/C17H15N3OS/c1-13-8-11-22-16(13)12-18-19-17(21)14-6-2-3-7-15(14)20-9-4-5-10-20/h2-12H,1H3,(H,19,21)/b18-12-. The van der Waals surface area contributed by atoms with Gasteiger partial charge in [-0.05, 0) is 48.2 Å². The van der Waals surface area contributed by atoms with Crippen molar-refractivity contribution in [2.45, 2.75) is 6.92 Å². The molecule has 0 unspecified atom stereocenters. The number of rotatable bonds is 4. The second-order valence-electron chi connectivity index (χ2n) is 4.77. The Morgan fingerprint density at radius 1 is 1.18 bits per heavy atom. The number of thiophene rings is 1. The highest BCUT2D eigenvalue weighted by Gasteiger charge is 2.10. The number of aromatic nitrogens is 1. The molecule has 1 aromatic carbocycles. The van der Waals surface area contributed by atoms with E-state index in [0.29, 0.717) is 5.56 Å². The van der Waals surface area contributed by atoms with Gasteiger partial charge < -0.3 is 4.57 Å². The lowest BCUT2D eigenvalue weighted by Crippen LogP contribution is -2.19. The van der Waals surface area contributed by atoms with E-state index < -0.39 is 0 Å². The van der Waals surface area contributed by atoms with E-state index in [4.69, 9.17) is 0 Å². The maximum absolute atomic E-state index is 12.3. The fourth-order valence-electron chi connectivity index (χ4n) is 2.11. The Hall–Kier alpha value is -2.66. The number of carbonyl (C=O) groups is 1. The Labute approximate surface area is 132 Å². The van der Waals surface area contributed by atoms with Crippen LogP contribution in [0.3, 0.4) is 0 Å². The Kier molecular flexibility index (Phi) is 4.16. The molecular weight excluding hydrogens is 294 g/mol. The van der Waals surface area contributed by atoms with Gasteiger partial charge in [0.2, 0.25) is 0 Å². The Balaban J connectivity index is 1.79. The summed E-state index contributed by atoms with van der Waals surface area (Å²) in [6.07, 6.45) is 5.49. The van der Waals surface area contributed by atoms with Crippen LogP contribution in [0.25, 0.3) is 5.69 Å². The van der Waals surface area contributed by atoms with E-state index in [9.17, 15) is 4.79 Å². The number of hydrogen-bond acceptors (Lipinski definition) is 3. The number of nitrogens with one attached hydrogen (secondary N) is 1. The van der Waals surface area contributed by atoms with Crippen LogP contribution in [0.15, 0.2) is 65.3 Å². The third-order valence-electron chi connectivity index (χ3n) is 3.28. The number of aryl methyl sites for hydroxylation is 1. The maximum atomic E-state index is 12.3. The van der Waals surface area contributed by atoms with Crippen molar-refractivity contribution in [3.8, 4) is 5.69 Å². The van der Waals surface area contributed by atoms with Crippen LogP contribution >= 0.6 is 11.3 Å². The Morgan fingerprint density at radius 2 is 1.95 bits per heavy atom. The molecule has 2 heterocycles. The average Bonchev–Trinajstić information content (AvgIpc) is 3.19. The number of carbonyl (C=O) groups excluding carboxylic acids is 1. The van der Waals surface area contributed by atoms with Gasteiger partial charge in [0.25, 0.3) is 5.91 Å². The number of amides is 1. The summed E-state index contributed by atoms with van der Waals surface area (Å²) >= 11 is 1.59. The molecule has 4 nitrogen and oxygen atoms in total. The molecule has 0 bridgehead atoms. The zero-order chi connectivity index (χ0) is 15.4.